The third-order valence-electron chi connectivity index (χ3n) is 4.59. The van der Waals surface area contributed by atoms with E-state index in [1.54, 1.807) is 19.3 Å². The summed E-state index contributed by atoms with van der Waals surface area (Å²) in [6.07, 6.45) is 3.02. The topological polar surface area (TPSA) is 94.5 Å². The molecule has 2 aromatic heterocycles. The third kappa shape index (κ3) is 6.05. The fourth-order valence-electron chi connectivity index (χ4n) is 3.18. The monoisotopic (exact) mass is 415 g/mol. The van der Waals surface area contributed by atoms with Crippen molar-refractivity contribution in [3.8, 4) is 0 Å². The fraction of sp³-hybridized carbons (Fsp3) is 0.400. The molecular formula is C20H26ClN7O. The van der Waals surface area contributed by atoms with Gasteiger partial charge in [0.2, 0.25) is 5.91 Å². The van der Waals surface area contributed by atoms with Crippen LogP contribution in [0.3, 0.4) is 0 Å². The fourth-order valence-corrected chi connectivity index (χ4v) is 3.42. The van der Waals surface area contributed by atoms with Crippen LogP contribution in [0, 0.1) is 6.92 Å². The summed E-state index contributed by atoms with van der Waals surface area (Å²) >= 11 is 6.25. The molecule has 0 saturated carbocycles. The Bertz CT molecular complexity index is 873. The molecule has 9 heteroatoms. The number of pyridine rings is 2. The van der Waals surface area contributed by atoms with Gasteiger partial charge < -0.3 is 20.9 Å². The Morgan fingerprint density at radius 1 is 1.34 bits per heavy atom. The number of anilines is 2. The molecule has 1 atom stereocenters. The zero-order chi connectivity index (χ0) is 20.6. The molecule has 0 radical (unpaired) electrons. The molecule has 154 valence electrons. The molecule has 0 aromatic carbocycles. The number of carbonyl (C=O) groups is 1. The summed E-state index contributed by atoms with van der Waals surface area (Å²) in [7, 11) is 1.72. The van der Waals surface area contributed by atoms with Gasteiger partial charge in [0.25, 0.3) is 0 Å². The normalized spacial score (nSPS) is 16.6. The highest BCUT2D eigenvalue weighted by Gasteiger charge is 2.25. The van der Waals surface area contributed by atoms with Crippen molar-refractivity contribution in [2.45, 2.75) is 25.8 Å². The van der Waals surface area contributed by atoms with Crippen LogP contribution < -0.4 is 20.9 Å². The quantitative estimate of drug-likeness (QED) is 0.494. The van der Waals surface area contributed by atoms with Gasteiger partial charge in [0.15, 0.2) is 5.96 Å². The minimum Gasteiger partial charge on any atom is -0.356 e. The Hall–Kier alpha value is -2.87. The molecule has 0 spiro atoms. The Kier molecular flexibility index (Phi) is 7.24. The van der Waals surface area contributed by atoms with Gasteiger partial charge >= 0.3 is 0 Å². The van der Waals surface area contributed by atoms with Crippen LogP contribution in [0.25, 0.3) is 0 Å². The Morgan fingerprint density at radius 3 is 2.97 bits per heavy atom. The molecule has 1 unspecified atom stereocenters. The molecule has 2 aromatic rings. The van der Waals surface area contributed by atoms with Crippen molar-refractivity contribution in [2.24, 2.45) is 4.99 Å². The summed E-state index contributed by atoms with van der Waals surface area (Å²) in [5.74, 6) is 1.95. The van der Waals surface area contributed by atoms with Crippen LogP contribution in [0.15, 0.2) is 41.5 Å². The number of hydrogen-bond acceptors (Lipinski definition) is 5. The molecule has 29 heavy (non-hydrogen) atoms. The van der Waals surface area contributed by atoms with Crippen molar-refractivity contribution in [2.75, 3.05) is 36.9 Å². The lowest BCUT2D eigenvalue weighted by molar-refractivity contribution is -0.116. The summed E-state index contributed by atoms with van der Waals surface area (Å²) < 4.78 is 0. The van der Waals surface area contributed by atoms with Crippen LogP contribution in [0.2, 0.25) is 5.02 Å². The van der Waals surface area contributed by atoms with Crippen molar-refractivity contribution < 1.29 is 4.79 Å². The minimum atomic E-state index is -0.0945. The number of nitrogens with zero attached hydrogens (tertiary/aromatic N) is 4. The number of carbonyl (C=O) groups excluding carboxylic acids is 1. The number of aromatic nitrogens is 2. The second kappa shape index (κ2) is 10.1. The van der Waals surface area contributed by atoms with Crippen molar-refractivity contribution >= 4 is 35.1 Å². The average molecular weight is 416 g/mol. The Morgan fingerprint density at radius 2 is 2.21 bits per heavy atom. The third-order valence-corrected chi connectivity index (χ3v) is 4.89. The molecule has 1 amide bonds. The largest absolute Gasteiger partial charge is 0.356 e. The molecule has 3 rings (SSSR count). The maximum absolute atomic E-state index is 12.1. The molecular weight excluding hydrogens is 390 g/mol. The summed E-state index contributed by atoms with van der Waals surface area (Å²) in [5.41, 5.74) is 0.864. The van der Waals surface area contributed by atoms with Gasteiger partial charge in [-0.3, -0.25) is 9.79 Å². The second-order valence-corrected chi connectivity index (χ2v) is 7.25. The smallest absolute Gasteiger partial charge is 0.227 e. The highest BCUT2D eigenvalue weighted by molar-refractivity contribution is 6.32. The Labute approximate surface area is 175 Å². The van der Waals surface area contributed by atoms with Gasteiger partial charge in [0, 0.05) is 51.0 Å². The number of nitrogens with one attached hydrogen (secondary N) is 3. The number of aryl methyl sites for hydroxylation is 1. The summed E-state index contributed by atoms with van der Waals surface area (Å²) in [5, 5.41) is 10.0. The molecule has 1 aliphatic heterocycles. The first-order chi connectivity index (χ1) is 14.0. The van der Waals surface area contributed by atoms with Crippen LogP contribution in [0.1, 0.15) is 18.5 Å². The highest BCUT2D eigenvalue weighted by atomic mass is 35.5. The van der Waals surface area contributed by atoms with Gasteiger partial charge in [-0.2, -0.15) is 0 Å². The van der Waals surface area contributed by atoms with E-state index >= 15 is 0 Å². The maximum atomic E-state index is 12.1. The molecule has 8 nitrogen and oxygen atoms in total. The van der Waals surface area contributed by atoms with Crippen LogP contribution in [0.5, 0.6) is 0 Å². The van der Waals surface area contributed by atoms with Gasteiger partial charge in [-0.25, -0.2) is 9.97 Å². The standard InChI is InChI=1S/C20H26ClN7O/c1-14-5-3-7-17(25-14)27-18(29)8-11-24-20(22-2)26-15-9-12-28(13-15)19-16(21)6-4-10-23-19/h3-7,10,15H,8-9,11-13H2,1-2H3,(H2,22,24,26)(H,25,27,29). The highest BCUT2D eigenvalue weighted by Crippen LogP contribution is 2.25. The molecule has 0 aliphatic carbocycles. The van der Waals surface area contributed by atoms with E-state index in [0.29, 0.717) is 29.8 Å². The molecule has 3 heterocycles. The van der Waals surface area contributed by atoms with Crippen LogP contribution in [0.4, 0.5) is 11.6 Å². The second-order valence-electron chi connectivity index (χ2n) is 6.85. The van der Waals surface area contributed by atoms with Gasteiger partial charge in [0.05, 0.1) is 5.02 Å². The van der Waals surface area contributed by atoms with E-state index < -0.39 is 0 Å². The number of halogens is 1. The van der Waals surface area contributed by atoms with E-state index in [-0.39, 0.29) is 11.9 Å². The van der Waals surface area contributed by atoms with Gasteiger partial charge in [-0.05, 0) is 37.6 Å². The molecule has 3 N–H and O–H groups in total. The zero-order valence-corrected chi connectivity index (χ0v) is 17.4. The first kappa shape index (κ1) is 20.9. The first-order valence-electron chi connectivity index (χ1n) is 9.61. The van der Waals surface area contributed by atoms with Gasteiger partial charge in [-0.1, -0.05) is 17.7 Å². The number of guanidine groups is 1. The molecule has 0 bridgehead atoms. The predicted octanol–water partition coefficient (Wildman–Crippen LogP) is 2.21. The molecule has 1 saturated heterocycles. The number of aliphatic imine (C=N–C) groups is 1. The number of rotatable bonds is 6. The lowest BCUT2D eigenvalue weighted by Gasteiger charge is -2.20. The van der Waals surface area contributed by atoms with E-state index in [1.807, 2.05) is 31.2 Å². The molecule has 1 aliphatic rings. The maximum Gasteiger partial charge on any atom is 0.227 e. The lowest BCUT2D eigenvalue weighted by Crippen LogP contribution is -2.45. The molecule has 1 fully saturated rings. The van der Waals surface area contributed by atoms with E-state index in [0.717, 1.165) is 31.0 Å². The van der Waals surface area contributed by atoms with E-state index in [2.05, 4.69) is 35.8 Å². The van der Waals surface area contributed by atoms with E-state index in [9.17, 15) is 4.79 Å². The summed E-state index contributed by atoms with van der Waals surface area (Å²) in [6, 6.07) is 9.43. The van der Waals surface area contributed by atoms with Crippen molar-refractivity contribution in [1.82, 2.24) is 20.6 Å². The van der Waals surface area contributed by atoms with E-state index in [4.69, 9.17) is 11.6 Å². The lowest BCUT2D eigenvalue weighted by atomic mass is 10.3. The van der Waals surface area contributed by atoms with E-state index in [1.165, 1.54) is 0 Å². The average Bonchev–Trinajstić information content (AvgIpc) is 3.16. The van der Waals surface area contributed by atoms with Crippen molar-refractivity contribution in [3.63, 3.8) is 0 Å². The van der Waals surface area contributed by atoms with Crippen LogP contribution in [-0.2, 0) is 4.79 Å². The minimum absolute atomic E-state index is 0.0945. The predicted molar refractivity (Wildman–Crippen MR) is 117 cm³/mol. The summed E-state index contributed by atoms with van der Waals surface area (Å²) in [4.78, 5) is 27.1. The zero-order valence-electron chi connectivity index (χ0n) is 16.7. The number of amides is 1. The SMILES string of the molecule is CN=C(NCCC(=O)Nc1cccc(C)n1)NC1CCN(c2ncccc2Cl)C1. The van der Waals surface area contributed by atoms with Gasteiger partial charge in [0.1, 0.15) is 11.6 Å². The first-order valence-corrected chi connectivity index (χ1v) is 9.99. The Balaban J connectivity index is 1.42. The number of hydrogen-bond donors (Lipinski definition) is 3. The van der Waals surface area contributed by atoms with Crippen molar-refractivity contribution in [1.29, 1.82) is 0 Å². The summed E-state index contributed by atoms with van der Waals surface area (Å²) in [6.45, 7) is 4.02. The van der Waals surface area contributed by atoms with Crippen molar-refractivity contribution in [3.05, 3.63) is 47.2 Å². The van der Waals surface area contributed by atoms with Gasteiger partial charge in [-0.15, -0.1) is 0 Å². The van der Waals surface area contributed by atoms with Crippen LogP contribution >= 0.6 is 11.6 Å². The van der Waals surface area contributed by atoms with Crippen LogP contribution in [-0.4, -0.2) is 54.6 Å².